The third kappa shape index (κ3) is 23.4. The molecule has 8 saturated heterocycles. The lowest BCUT2D eigenvalue weighted by Crippen LogP contribution is -2.57. The number of hydrogen-bond acceptors (Lipinski definition) is 20. The Morgan fingerprint density at radius 1 is 0.491 bits per heavy atom. The van der Waals surface area contributed by atoms with E-state index in [0.29, 0.717) is 68.4 Å². The van der Waals surface area contributed by atoms with Crippen molar-refractivity contribution in [3.63, 3.8) is 0 Å². The number of likely N-dealkylation sites (N-methyl/N-ethyl adjacent to an activating group) is 3. The minimum atomic E-state index is -0.982. The summed E-state index contributed by atoms with van der Waals surface area (Å²) in [4.78, 5) is 184. The second-order valence-electron chi connectivity index (χ2n) is 32.2. The molecule has 3 aromatic rings. The number of fused-ring (bicyclic) bond motifs is 3. The Labute approximate surface area is 667 Å². The summed E-state index contributed by atoms with van der Waals surface area (Å²) in [5, 5.41) is 29.0. The molecule has 8 heterocycles. The Hall–Kier alpha value is -9.94. The van der Waals surface area contributed by atoms with Crippen molar-refractivity contribution in [1.29, 1.82) is 0 Å². The molecule has 14 atom stereocenters. The predicted octanol–water partition coefficient (Wildman–Crippen LogP) is 5.14. The van der Waals surface area contributed by atoms with Gasteiger partial charge in [-0.2, -0.15) is 0 Å². The quantitative estimate of drug-likeness (QED) is 0.0227. The summed E-state index contributed by atoms with van der Waals surface area (Å²) in [6, 6.07) is 16.0. The molecule has 8 fully saturated rings. The number of esters is 3. The topological polar surface area (TPSA) is 397 Å². The van der Waals surface area contributed by atoms with E-state index in [2.05, 4.69) is 53.2 Å². The van der Waals surface area contributed by atoms with Gasteiger partial charge < -0.3 is 82.1 Å². The summed E-state index contributed by atoms with van der Waals surface area (Å²) < 4.78 is 15.5. The molecule has 0 spiro atoms. The standard InChI is InChI=1S/C29H40N4O7.C28H38N4O6.C27H39N5O4/c1-17(30-4)24(34)32-21-11-6-5-10-20-12-13-22(33(20)26(21)36)25(35)31-15-18-8-7-9-19(14-18)27(37)40-23-28(38)39-16-29(23,2)3;1-17(29-2)25(34)31-22-9-4-3-8-21-10-11-23(32(21)27(22)36)26(35)30-16-18-6-5-7-19(14-18)24(33)15-20-12-13-38-28(20)37;1-17(2)14-24(33)30-20-9-7-8-19(15-20)16-29-26(35)23-13-12-21-10-5-6-11-22(27(36)32(21)23)31-25(34)18(3)28-4/h7-9,14,17,20-23,30H,5-6,10-13,15-16H2,1-4H3,(H,31,35)(H,32,34);5-7,14,17,20-23,29H,3-4,8-13,15-16H2,1-2H3,(H,30,35)(H,31,34);7-9,14-15,18,21-23,28H,5-6,10-13,16H2,1-4H3,(H,29,35)(H,30,33)(H,31,34)/t17-,20-,21-,22-,23?;17-,20+,21-,22-,23-;18-,21-,22-,23-/m000/s1. The number of nitrogens with zero attached hydrogens (tertiary/aromatic N) is 3. The summed E-state index contributed by atoms with van der Waals surface area (Å²) in [6.07, 6.45) is 14.8. The van der Waals surface area contributed by atoms with Crippen molar-refractivity contribution in [1.82, 2.24) is 62.6 Å². The molecular formula is C84H117N13O17. The van der Waals surface area contributed by atoms with Gasteiger partial charge in [-0.25, -0.2) is 9.59 Å². The minimum absolute atomic E-state index is 0.0112. The first-order valence-corrected chi connectivity index (χ1v) is 40.5. The zero-order chi connectivity index (χ0) is 82.5. The van der Waals surface area contributed by atoms with Crippen molar-refractivity contribution < 1.29 is 81.3 Å². The van der Waals surface area contributed by atoms with Gasteiger partial charge >= 0.3 is 17.9 Å². The number of hydrogen-bond donors (Lipinski definition) is 10. The highest BCUT2D eigenvalue weighted by molar-refractivity contribution is 6.01. The molecule has 0 saturated carbocycles. The van der Waals surface area contributed by atoms with Crippen LogP contribution in [0.25, 0.3) is 0 Å². The van der Waals surface area contributed by atoms with Crippen LogP contribution in [-0.4, -0.2) is 210 Å². The van der Waals surface area contributed by atoms with Gasteiger partial charge in [0.25, 0.3) is 0 Å². The maximum Gasteiger partial charge on any atom is 0.348 e. The van der Waals surface area contributed by atoms with Crippen LogP contribution < -0.4 is 53.2 Å². The molecule has 10 amide bonds. The van der Waals surface area contributed by atoms with E-state index < -0.39 is 83.8 Å². The van der Waals surface area contributed by atoms with E-state index in [1.165, 1.54) is 6.08 Å². The number of allylic oxidation sites excluding steroid dienone is 1. The number of amides is 10. The lowest BCUT2D eigenvalue weighted by molar-refractivity contribution is -0.145. The Morgan fingerprint density at radius 3 is 1.27 bits per heavy atom. The lowest BCUT2D eigenvalue weighted by Gasteiger charge is -2.35. The molecule has 0 aromatic heterocycles. The van der Waals surface area contributed by atoms with E-state index in [-0.39, 0.29) is 127 Å². The molecule has 8 aliphatic rings. The number of anilines is 1. The Bertz CT molecular complexity index is 4030. The zero-order valence-electron chi connectivity index (χ0n) is 67.5. The van der Waals surface area contributed by atoms with Crippen LogP contribution in [0.5, 0.6) is 0 Å². The van der Waals surface area contributed by atoms with Gasteiger partial charge in [0.05, 0.1) is 36.2 Å². The first-order valence-electron chi connectivity index (χ1n) is 40.5. The van der Waals surface area contributed by atoms with Gasteiger partial charge in [0.2, 0.25) is 65.2 Å². The second kappa shape index (κ2) is 41.4. The molecule has 114 heavy (non-hydrogen) atoms. The van der Waals surface area contributed by atoms with E-state index in [9.17, 15) is 67.1 Å². The highest BCUT2D eigenvalue weighted by atomic mass is 16.6. The van der Waals surface area contributed by atoms with Crippen molar-refractivity contribution in [3.05, 3.63) is 112 Å². The molecule has 3 aromatic carbocycles. The third-order valence-electron chi connectivity index (χ3n) is 23.0. The normalized spacial score (nSPS) is 25.2. The second-order valence-corrected chi connectivity index (χ2v) is 32.2. The fourth-order valence-electron chi connectivity index (χ4n) is 16.0. The molecule has 30 nitrogen and oxygen atoms in total. The Morgan fingerprint density at radius 2 is 0.886 bits per heavy atom. The van der Waals surface area contributed by atoms with Crippen LogP contribution in [0.2, 0.25) is 0 Å². The smallest absolute Gasteiger partial charge is 0.348 e. The molecule has 30 heteroatoms. The first-order chi connectivity index (χ1) is 54.5. The summed E-state index contributed by atoms with van der Waals surface area (Å²) in [5.41, 5.74) is 3.98. The Kier molecular flexibility index (Phi) is 32.0. The van der Waals surface area contributed by atoms with Crippen molar-refractivity contribution in [3.8, 4) is 0 Å². The maximum absolute atomic E-state index is 13.6. The number of ether oxygens (including phenoxy) is 3. The number of benzene rings is 3. The molecule has 0 aliphatic carbocycles. The number of ketones is 1. The average Bonchev–Trinajstić information content (AvgIpc) is 1.66. The van der Waals surface area contributed by atoms with Gasteiger partial charge in [0.1, 0.15) is 42.9 Å². The van der Waals surface area contributed by atoms with Crippen LogP contribution in [0.4, 0.5) is 5.69 Å². The van der Waals surface area contributed by atoms with Gasteiger partial charge in [-0.3, -0.25) is 57.5 Å². The predicted molar refractivity (Wildman–Crippen MR) is 423 cm³/mol. The molecule has 0 bridgehead atoms. The molecule has 11 rings (SSSR count). The SMILES string of the molecule is CN[C@@H](C)C(=O)N[C@H]1CCCC[C@H]2CC[C@@H](C(=O)NCc3cccc(C(=O)C[C@H]4CCOC4=O)c3)N2C1=O.CN[C@@H](C)C(=O)N[C@H]1CCCC[C@H]2CC[C@@H](C(=O)NCc3cccc(C(=O)OC4C(=O)OCC4(C)C)c3)N2C1=O.CN[C@@H](C)C(=O)N[C@H]1CCCC[C@H]2CC[C@@H](C(=O)NCc3cccc(NC(=O)C=C(C)C)c3)N2C1=O. The van der Waals surface area contributed by atoms with Gasteiger partial charge in [-0.15, -0.1) is 0 Å². The largest absolute Gasteiger partial charge is 0.465 e. The number of carbonyl (C=O) groups excluding carboxylic acids is 14. The van der Waals surface area contributed by atoms with Gasteiger partial charge in [0.15, 0.2) is 5.78 Å². The van der Waals surface area contributed by atoms with Crippen molar-refractivity contribution >= 4 is 88.5 Å². The Balaban J connectivity index is 0.000000196. The van der Waals surface area contributed by atoms with Crippen LogP contribution in [0.1, 0.15) is 214 Å². The number of nitrogens with one attached hydrogen (secondary N) is 10. The van der Waals surface area contributed by atoms with E-state index in [1.54, 1.807) is 119 Å². The summed E-state index contributed by atoms with van der Waals surface area (Å²) in [7, 11) is 5.08. The van der Waals surface area contributed by atoms with E-state index >= 15 is 0 Å². The maximum atomic E-state index is 13.6. The van der Waals surface area contributed by atoms with E-state index in [0.717, 1.165) is 93.7 Å². The number of Topliss-reactive ketones (excluding diaryl/α,β-unsaturated/α-hetero) is 1. The van der Waals surface area contributed by atoms with Crippen LogP contribution in [0, 0.1) is 11.3 Å². The summed E-state index contributed by atoms with van der Waals surface area (Å²) in [6.45, 7) is 13.7. The molecule has 10 N–H and O–H groups in total. The summed E-state index contributed by atoms with van der Waals surface area (Å²) in [5.74, 6) is -4.23. The molecule has 8 aliphatic heterocycles. The summed E-state index contributed by atoms with van der Waals surface area (Å²) >= 11 is 0. The molecule has 1 unspecified atom stereocenters. The van der Waals surface area contributed by atoms with Crippen molar-refractivity contribution in [2.75, 3.05) is 39.7 Å². The molecule has 620 valence electrons. The fraction of sp³-hybridized carbons (Fsp3) is 0.595. The minimum Gasteiger partial charge on any atom is -0.465 e. The number of cyclic esters (lactones) is 2. The molecule has 0 radical (unpaired) electrons. The van der Waals surface area contributed by atoms with Crippen LogP contribution >= 0.6 is 0 Å². The van der Waals surface area contributed by atoms with E-state index in [4.69, 9.17) is 14.2 Å². The highest BCUT2D eigenvalue weighted by Gasteiger charge is 2.49. The van der Waals surface area contributed by atoms with Crippen LogP contribution in [0.3, 0.4) is 0 Å². The van der Waals surface area contributed by atoms with Crippen molar-refractivity contribution in [2.24, 2.45) is 11.3 Å². The monoisotopic (exact) mass is 1580 g/mol. The van der Waals surface area contributed by atoms with E-state index in [1.807, 2.05) is 38.1 Å². The molecular weight excluding hydrogens is 1460 g/mol. The highest BCUT2D eigenvalue weighted by Crippen LogP contribution is 2.36. The van der Waals surface area contributed by atoms with Crippen LogP contribution in [-0.2, 0) is 91.4 Å². The van der Waals surface area contributed by atoms with Crippen molar-refractivity contribution in [2.45, 2.75) is 275 Å². The number of rotatable bonds is 25. The van der Waals surface area contributed by atoms with Gasteiger partial charge in [-0.1, -0.05) is 100 Å². The zero-order valence-corrected chi connectivity index (χ0v) is 67.5. The van der Waals surface area contributed by atoms with Crippen LogP contribution in [0.15, 0.2) is 84.4 Å². The third-order valence-corrected chi connectivity index (χ3v) is 23.0. The fourth-order valence-corrected chi connectivity index (χ4v) is 16.0. The lowest BCUT2D eigenvalue weighted by atomic mass is 9.90. The average molecular weight is 1580 g/mol. The first kappa shape index (κ1) is 88.0. The van der Waals surface area contributed by atoms with Gasteiger partial charge in [0, 0.05) is 66.9 Å². The van der Waals surface area contributed by atoms with Gasteiger partial charge in [-0.05, 0) is 186 Å². The number of carbonyl (C=O) groups is 14.